The minimum atomic E-state index is -0.612. The topological polar surface area (TPSA) is 79.0 Å². The predicted octanol–water partition coefficient (Wildman–Crippen LogP) is 0.621. The summed E-state index contributed by atoms with van der Waals surface area (Å²) in [4.78, 5) is 38.4. The number of cyclic esters (lactones) is 1. The van der Waals surface area contributed by atoms with Gasteiger partial charge in [0.25, 0.3) is 5.91 Å². The van der Waals surface area contributed by atoms with Gasteiger partial charge < -0.3 is 15.0 Å². The summed E-state index contributed by atoms with van der Waals surface area (Å²) in [7, 11) is 0. The maximum atomic E-state index is 11.8. The van der Waals surface area contributed by atoms with Gasteiger partial charge in [0, 0.05) is 18.0 Å². The first-order valence-corrected chi connectivity index (χ1v) is 7.07. The van der Waals surface area contributed by atoms with Crippen molar-refractivity contribution in [3.05, 3.63) is 22.4 Å². The maximum absolute atomic E-state index is 11.8. The molecule has 3 heterocycles. The van der Waals surface area contributed by atoms with Crippen molar-refractivity contribution in [3.8, 4) is 0 Å². The summed E-state index contributed by atoms with van der Waals surface area (Å²) in [6.45, 7) is 1.01. The number of likely N-dealkylation sites (tertiary alicyclic amines) is 1. The summed E-state index contributed by atoms with van der Waals surface area (Å²) in [6.07, 6.45) is -0.612. The van der Waals surface area contributed by atoms with Gasteiger partial charge in [0.15, 0.2) is 6.61 Å². The van der Waals surface area contributed by atoms with Crippen molar-refractivity contribution in [1.29, 1.82) is 0 Å². The predicted molar refractivity (Wildman–Crippen MR) is 70.1 cm³/mol. The van der Waals surface area contributed by atoms with E-state index in [1.54, 1.807) is 16.2 Å². The fourth-order valence-electron chi connectivity index (χ4n) is 2.19. The summed E-state index contributed by atoms with van der Waals surface area (Å²) < 4.78 is 4.65. The molecule has 0 unspecified atom stereocenters. The standard InChI is InChI=1S/C12H13N3O4S/c16-10-7-19-12(18)15(10)8-5-14(6-8)11(17)13-4-9-2-1-3-20-9/h1-3,8H,4-7H2,(H,13,17). The molecule has 3 rings (SSSR count). The van der Waals surface area contributed by atoms with Crippen LogP contribution in [0, 0.1) is 0 Å². The van der Waals surface area contributed by atoms with Crippen LogP contribution in [0.2, 0.25) is 0 Å². The zero-order chi connectivity index (χ0) is 14.1. The highest BCUT2D eigenvalue weighted by molar-refractivity contribution is 7.09. The number of nitrogens with zero attached hydrogens (tertiary/aromatic N) is 2. The molecule has 1 aromatic rings. The Labute approximate surface area is 119 Å². The maximum Gasteiger partial charge on any atom is 0.417 e. The number of hydrogen-bond acceptors (Lipinski definition) is 5. The fraction of sp³-hybridized carbons (Fsp3) is 0.417. The van der Waals surface area contributed by atoms with E-state index < -0.39 is 6.09 Å². The molecule has 0 aliphatic carbocycles. The number of amides is 4. The molecule has 0 bridgehead atoms. The molecular weight excluding hydrogens is 282 g/mol. The summed E-state index contributed by atoms with van der Waals surface area (Å²) in [6, 6.07) is 3.43. The minimum Gasteiger partial charge on any atom is -0.439 e. The molecule has 0 aromatic carbocycles. The highest BCUT2D eigenvalue weighted by Gasteiger charge is 2.44. The Kier molecular flexibility index (Phi) is 3.31. The van der Waals surface area contributed by atoms with Crippen molar-refractivity contribution in [2.75, 3.05) is 19.7 Å². The van der Waals surface area contributed by atoms with Crippen LogP contribution in [0.1, 0.15) is 4.88 Å². The first-order chi connectivity index (χ1) is 9.65. The number of thiophene rings is 1. The number of hydrogen-bond donors (Lipinski definition) is 1. The molecule has 2 aliphatic rings. The van der Waals surface area contributed by atoms with Crippen molar-refractivity contribution in [3.63, 3.8) is 0 Å². The Hall–Kier alpha value is -2.09. The molecule has 7 nitrogen and oxygen atoms in total. The Bertz CT molecular complexity index is 523. The third kappa shape index (κ3) is 2.34. The number of ether oxygens (including phenoxy) is 1. The first kappa shape index (κ1) is 12.9. The van der Waals surface area contributed by atoms with Gasteiger partial charge in [-0.2, -0.15) is 0 Å². The van der Waals surface area contributed by atoms with Crippen LogP contribution in [-0.2, 0) is 16.1 Å². The first-order valence-electron chi connectivity index (χ1n) is 6.19. The number of rotatable bonds is 3. The zero-order valence-electron chi connectivity index (χ0n) is 10.6. The molecule has 2 aliphatic heterocycles. The lowest BCUT2D eigenvalue weighted by Crippen LogP contribution is -2.63. The fourth-order valence-corrected chi connectivity index (χ4v) is 2.83. The summed E-state index contributed by atoms with van der Waals surface area (Å²) in [5.41, 5.74) is 0. The van der Waals surface area contributed by atoms with Crippen molar-refractivity contribution < 1.29 is 19.1 Å². The van der Waals surface area contributed by atoms with Crippen LogP contribution in [0.15, 0.2) is 17.5 Å². The van der Waals surface area contributed by atoms with Gasteiger partial charge in [-0.05, 0) is 11.4 Å². The van der Waals surface area contributed by atoms with E-state index in [2.05, 4.69) is 10.1 Å². The molecule has 0 spiro atoms. The molecule has 8 heteroatoms. The van der Waals surface area contributed by atoms with Gasteiger partial charge in [-0.15, -0.1) is 11.3 Å². The van der Waals surface area contributed by atoms with E-state index in [0.29, 0.717) is 19.6 Å². The lowest BCUT2D eigenvalue weighted by Gasteiger charge is -2.41. The van der Waals surface area contributed by atoms with Gasteiger partial charge in [-0.1, -0.05) is 6.07 Å². The number of nitrogens with one attached hydrogen (secondary N) is 1. The SMILES string of the molecule is O=C(NCc1cccs1)N1CC(N2C(=O)COC2=O)C1. The Morgan fingerprint density at radius 2 is 2.25 bits per heavy atom. The van der Waals surface area contributed by atoms with E-state index in [4.69, 9.17) is 0 Å². The monoisotopic (exact) mass is 295 g/mol. The van der Waals surface area contributed by atoms with E-state index in [9.17, 15) is 14.4 Å². The third-order valence-electron chi connectivity index (χ3n) is 3.29. The second-order valence-electron chi connectivity index (χ2n) is 4.62. The van der Waals surface area contributed by atoms with Crippen LogP contribution in [0.4, 0.5) is 9.59 Å². The summed E-state index contributed by atoms with van der Waals surface area (Å²) in [5, 5.41) is 4.75. The van der Waals surface area contributed by atoms with Crippen LogP contribution >= 0.6 is 11.3 Å². The van der Waals surface area contributed by atoms with Crippen molar-refractivity contribution in [1.82, 2.24) is 15.1 Å². The van der Waals surface area contributed by atoms with Crippen LogP contribution in [-0.4, -0.2) is 53.6 Å². The average Bonchev–Trinajstić information content (AvgIpc) is 2.99. The average molecular weight is 295 g/mol. The molecule has 20 heavy (non-hydrogen) atoms. The van der Waals surface area contributed by atoms with Gasteiger partial charge in [0.05, 0.1) is 12.6 Å². The lowest BCUT2D eigenvalue weighted by molar-refractivity contribution is -0.129. The van der Waals surface area contributed by atoms with E-state index in [1.165, 1.54) is 0 Å². The normalized spacial score (nSPS) is 19.0. The van der Waals surface area contributed by atoms with Gasteiger partial charge >= 0.3 is 12.1 Å². The van der Waals surface area contributed by atoms with Gasteiger partial charge in [-0.25, -0.2) is 14.5 Å². The van der Waals surface area contributed by atoms with E-state index in [0.717, 1.165) is 9.78 Å². The number of urea groups is 1. The van der Waals surface area contributed by atoms with Crippen LogP contribution < -0.4 is 5.32 Å². The van der Waals surface area contributed by atoms with Crippen LogP contribution in [0.25, 0.3) is 0 Å². The Morgan fingerprint density at radius 1 is 1.45 bits per heavy atom. The molecule has 106 valence electrons. The molecule has 1 N–H and O–H groups in total. The smallest absolute Gasteiger partial charge is 0.417 e. The van der Waals surface area contributed by atoms with Crippen molar-refractivity contribution in [2.24, 2.45) is 0 Å². The highest BCUT2D eigenvalue weighted by Crippen LogP contribution is 2.19. The highest BCUT2D eigenvalue weighted by atomic mass is 32.1. The molecule has 1 aromatic heterocycles. The lowest BCUT2D eigenvalue weighted by atomic mass is 10.1. The number of imide groups is 1. The van der Waals surface area contributed by atoms with Crippen molar-refractivity contribution >= 4 is 29.4 Å². The molecule has 0 atom stereocenters. The van der Waals surface area contributed by atoms with E-state index in [-0.39, 0.29) is 24.6 Å². The molecule has 2 fully saturated rings. The van der Waals surface area contributed by atoms with Gasteiger partial charge in [0.2, 0.25) is 0 Å². The minimum absolute atomic E-state index is 0.185. The zero-order valence-corrected chi connectivity index (χ0v) is 11.4. The number of carbonyl (C=O) groups excluding carboxylic acids is 3. The van der Waals surface area contributed by atoms with Crippen LogP contribution in [0.3, 0.4) is 0 Å². The van der Waals surface area contributed by atoms with Gasteiger partial charge in [-0.3, -0.25) is 4.79 Å². The summed E-state index contributed by atoms with van der Waals surface area (Å²) in [5.74, 6) is -0.335. The molecule has 4 amide bonds. The molecule has 0 saturated carbocycles. The number of carbonyl (C=O) groups is 3. The Balaban J connectivity index is 1.46. The molecule has 0 radical (unpaired) electrons. The second-order valence-corrected chi connectivity index (χ2v) is 5.65. The second kappa shape index (κ2) is 5.12. The summed E-state index contributed by atoms with van der Waals surface area (Å²) >= 11 is 1.58. The molecule has 2 saturated heterocycles. The third-order valence-corrected chi connectivity index (χ3v) is 4.17. The Morgan fingerprint density at radius 3 is 2.85 bits per heavy atom. The largest absolute Gasteiger partial charge is 0.439 e. The van der Waals surface area contributed by atoms with E-state index >= 15 is 0 Å². The van der Waals surface area contributed by atoms with Gasteiger partial charge in [0.1, 0.15) is 0 Å². The van der Waals surface area contributed by atoms with Crippen LogP contribution in [0.5, 0.6) is 0 Å². The van der Waals surface area contributed by atoms with E-state index in [1.807, 2.05) is 17.5 Å². The van der Waals surface area contributed by atoms with Crippen molar-refractivity contribution in [2.45, 2.75) is 12.6 Å². The quantitative estimate of drug-likeness (QED) is 0.886. The molecular formula is C12H13N3O4S.